The number of hydrogen-bond donors (Lipinski definition) is 1. The van der Waals surface area contributed by atoms with E-state index in [0.717, 1.165) is 43.7 Å². The van der Waals surface area contributed by atoms with Crippen LogP contribution in [-0.4, -0.2) is 35.6 Å². The minimum absolute atomic E-state index is 0.121. The van der Waals surface area contributed by atoms with Crippen molar-refractivity contribution in [2.75, 3.05) is 24.5 Å². The highest BCUT2D eigenvalue weighted by Crippen LogP contribution is 2.18. The second kappa shape index (κ2) is 6.87. The maximum absolute atomic E-state index is 13.6. The third kappa shape index (κ3) is 3.73. The first-order valence-electron chi connectivity index (χ1n) is 7.50. The van der Waals surface area contributed by atoms with Gasteiger partial charge in [0.05, 0.1) is 0 Å². The predicted molar refractivity (Wildman–Crippen MR) is 82.4 cm³/mol. The van der Waals surface area contributed by atoms with Gasteiger partial charge < -0.3 is 15.0 Å². The molecule has 1 aromatic carbocycles. The lowest BCUT2D eigenvalue weighted by atomic mass is 10.2. The number of ether oxygens (including phenoxy) is 1. The number of hydrogen-bond acceptors (Lipinski definition) is 5. The Balaban J connectivity index is 1.71. The Morgan fingerprint density at radius 3 is 3.04 bits per heavy atom. The highest BCUT2D eigenvalue weighted by atomic mass is 19.1. The zero-order valence-corrected chi connectivity index (χ0v) is 12.8. The van der Waals surface area contributed by atoms with Crippen LogP contribution in [-0.2, 0) is 6.61 Å². The molecule has 1 aromatic heterocycles. The van der Waals surface area contributed by atoms with Crippen molar-refractivity contribution in [1.82, 2.24) is 15.3 Å². The molecule has 2 heterocycles. The molecule has 0 aliphatic carbocycles. The van der Waals surface area contributed by atoms with Gasteiger partial charge in [-0.3, -0.25) is 0 Å². The topological polar surface area (TPSA) is 50.3 Å². The highest BCUT2D eigenvalue weighted by molar-refractivity contribution is 5.40. The summed E-state index contributed by atoms with van der Waals surface area (Å²) in [6, 6.07) is 5.54. The van der Waals surface area contributed by atoms with Gasteiger partial charge in [-0.25, -0.2) is 13.8 Å². The van der Waals surface area contributed by atoms with Crippen LogP contribution in [0.4, 0.5) is 14.6 Å². The summed E-state index contributed by atoms with van der Waals surface area (Å²) in [5.74, 6) is -0.253. The van der Waals surface area contributed by atoms with Crippen LogP contribution < -0.4 is 15.0 Å². The normalized spacial score (nSPS) is 18.0. The smallest absolute Gasteiger partial charge is 0.318 e. The summed E-state index contributed by atoms with van der Waals surface area (Å²) in [6.07, 6.45) is 1.61. The van der Waals surface area contributed by atoms with Gasteiger partial charge in [-0.15, -0.1) is 0 Å². The third-order valence-corrected chi connectivity index (χ3v) is 3.78. The van der Waals surface area contributed by atoms with Crippen molar-refractivity contribution in [1.29, 1.82) is 0 Å². The Morgan fingerprint density at radius 2 is 2.22 bits per heavy atom. The van der Waals surface area contributed by atoms with Crippen molar-refractivity contribution < 1.29 is 13.5 Å². The average Bonchev–Trinajstić information content (AvgIpc) is 2.56. The van der Waals surface area contributed by atoms with Crippen LogP contribution in [0, 0.1) is 11.6 Å². The third-order valence-electron chi connectivity index (χ3n) is 3.78. The summed E-state index contributed by atoms with van der Waals surface area (Å²) in [5.41, 5.74) is 0.134. The lowest BCUT2D eigenvalue weighted by Gasteiger charge is -2.34. The standard InChI is InChI=1S/C16H18F2N4O/c1-11-9-19-6-7-22(11)15-4-5-20-16(21-15)23-10-12-8-13(17)2-3-14(12)18/h2-5,8,11,19H,6-7,9-10H2,1H3. The number of rotatable bonds is 4. The molecule has 1 atom stereocenters. The maximum atomic E-state index is 13.6. The van der Waals surface area contributed by atoms with Crippen molar-refractivity contribution in [2.45, 2.75) is 19.6 Å². The summed E-state index contributed by atoms with van der Waals surface area (Å²) in [7, 11) is 0. The molecule has 0 amide bonds. The molecule has 3 rings (SSSR count). The molecule has 1 N–H and O–H groups in total. The van der Waals surface area contributed by atoms with Gasteiger partial charge in [-0.05, 0) is 31.2 Å². The van der Waals surface area contributed by atoms with Crippen LogP contribution in [0.2, 0.25) is 0 Å². The van der Waals surface area contributed by atoms with Gasteiger partial charge in [0.1, 0.15) is 24.1 Å². The van der Waals surface area contributed by atoms with Crippen molar-refractivity contribution in [3.8, 4) is 6.01 Å². The molecular weight excluding hydrogens is 302 g/mol. The molecule has 1 aliphatic rings. The molecule has 0 saturated carbocycles. The molecule has 2 aromatic rings. The van der Waals surface area contributed by atoms with Gasteiger partial charge in [0.15, 0.2) is 0 Å². The van der Waals surface area contributed by atoms with Crippen LogP contribution in [0.25, 0.3) is 0 Å². The van der Waals surface area contributed by atoms with Crippen LogP contribution >= 0.6 is 0 Å². The molecule has 23 heavy (non-hydrogen) atoms. The summed E-state index contributed by atoms with van der Waals surface area (Å²) in [6.45, 7) is 4.60. The number of piperazine rings is 1. The van der Waals surface area contributed by atoms with Gasteiger partial charge in [-0.1, -0.05) is 0 Å². The molecule has 0 bridgehead atoms. The minimum Gasteiger partial charge on any atom is -0.458 e. The van der Waals surface area contributed by atoms with E-state index in [-0.39, 0.29) is 18.2 Å². The zero-order chi connectivity index (χ0) is 16.2. The van der Waals surface area contributed by atoms with Gasteiger partial charge in [0.25, 0.3) is 0 Å². The van der Waals surface area contributed by atoms with Crippen LogP contribution in [0.3, 0.4) is 0 Å². The van der Waals surface area contributed by atoms with E-state index >= 15 is 0 Å². The first-order chi connectivity index (χ1) is 11.1. The van der Waals surface area contributed by atoms with E-state index in [9.17, 15) is 8.78 Å². The molecule has 122 valence electrons. The molecule has 7 heteroatoms. The predicted octanol–water partition coefficient (Wildman–Crippen LogP) is 2.13. The first-order valence-corrected chi connectivity index (χ1v) is 7.50. The number of nitrogens with zero attached hydrogens (tertiary/aromatic N) is 3. The molecular formula is C16H18F2N4O. The van der Waals surface area contributed by atoms with Gasteiger partial charge in [0.2, 0.25) is 0 Å². The van der Waals surface area contributed by atoms with Crippen molar-refractivity contribution in [3.05, 3.63) is 47.7 Å². The van der Waals surface area contributed by atoms with E-state index in [4.69, 9.17) is 4.74 Å². The summed E-state index contributed by atoms with van der Waals surface area (Å²) >= 11 is 0. The Morgan fingerprint density at radius 1 is 1.35 bits per heavy atom. The lowest BCUT2D eigenvalue weighted by Crippen LogP contribution is -2.50. The molecule has 1 aliphatic heterocycles. The fourth-order valence-electron chi connectivity index (χ4n) is 2.54. The monoisotopic (exact) mass is 320 g/mol. The fourth-order valence-corrected chi connectivity index (χ4v) is 2.54. The van der Waals surface area contributed by atoms with Crippen LogP contribution in [0.5, 0.6) is 6.01 Å². The average molecular weight is 320 g/mol. The molecule has 1 saturated heterocycles. The molecule has 1 fully saturated rings. The first kappa shape index (κ1) is 15.6. The van der Waals surface area contributed by atoms with E-state index in [1.54, 1.807) is 6.20 Å². The molecule has 0 spiro atoms. The largest absolute Gasteiger partial charge is 0.458 e. The van der Waals surface area contributed by atoms with E-state index in [1.165, 1.54) is 0 Å². The van der Waals surface area contributed by atoms with Crippen LogP contribution in [0.1, 0.15) is 12.5 Å². The Bertz CT molecular complexity index is 683. The zero-order valence-electron chi connectivity index (χ0n) is 12.8. The molecule has 1 unspecified atom stereocenters. The van der Waals surface area contributed by atoms with Crippen LogP contribution in [0.15, 0.2) is 30.5 Å². The van der Waals surface area contributed by atoms with E-state index in [0.29, 0.717) is 6.04 Å². The SMILES string of the molecule is CC1CNCCN1c1ccnc(OCc2cc(F)ccc2F)n1. The number of halogens is 2. The number of nitrogens with one attached hydrogen (secondary N) is 1. The summed E-state index contributed by atoms with van der Waals surface area (Å²) in [4.78, 5) is 10.6. The van der Waals surface area contributed by atoms with Crippen molar-refractivity contribution >= 4 is 5.82 Å². The van der Waals surface area contributed by atoms with Gasteiger partial charge >= 0.3 is 6.01 Å². The van der Waals surface area contributed by atoms with Gasteiger partial charge in [0, 0.05) is 37.4 Å². The maximum Gasteiger partial charge on any atom is 0.318 e. The number of anilines is 1. The Labute approximate surface area is 133 Å². The number of benzene rings is 1. The fraction of sp³-hybridized carbons (Fsp3) is 0.375. The summed E-state index contributed by atoms with van der Waals surface area (Å²) < 4.78 is 32.2. The quantitative estimate of drug-likeness (QED) is 0.935. The highest BCUT2D eigenvalue weighted by Gasteiger charge is 2.19. The van der Waals surface area contributed by atoms with Crippen molar-refractivity contribution in [3.63, 3.8) is 0 Å². The van der Waals surface area contributed by atoms with Gasteiger partial charge in [-0.2, -0.15) is 4.98 Å². The van der Waals surface area contributed by atoms with Crippen molar-refractivity contribution in [2.24, 2.45) is 0 Å². The number of aromatic nitrogens is 2. The van der Waals surface area contributed by atoms with E-state index in [2.05, 4.69) is 27.1 Å². The second-order valence-corrected chi connectivity index (χ2v) is 5.47. The van der Waals surface area contributed by atoms with E-state index in [1.807, 2.05) is 6.07 Å². The molecule has 0 radical (unpaired) electrons. The Kier molecular flexibility index (Phi) is 4.66. The lowest BCUT2D eigenvalue weighted by molar-refractivity contribution is 0.274. The second-order valence-electron chi connectivity index (χ2n) is 5.47. The van der Waals surface area contributed by atoms with E-state index < -0.39 is 11.6 Å². The Hall–Kier alpha value is -2.28. The molecule has 5 nitrogen and oxygen atoms in total. The minimum atomic E-state index is -0.515. The summed E-state index contributed by atoms with van der Waals surface area (Å²) in [5, 5.41) is 3.31.